The van der Waals surface area contributed by atoms with Crippen molar-refractivity contribution in [3.05, 3.63) is 42.4 Å². The molecule has 0 aliphatic heterocycles. The van der Waals surface area contributed by atoms with Gasteiger partial charge in [0, 0.05) is 24.2 Å². The Bertz CT molecular complexity index is 541. The predicted octanol–water partition coefficient (Wildman–Crippen LogP) is 1.25. The summed E-state index contributed by atoms with van der Waals surface area (Å²) in [5.74, 6) is -0.333. The summed E-state index contributed by atoms with van der Waals surface area (Å²) in [6.07, 6.45) is 4.97. The maximum absolute atomic E-state index is 11.3. The number of hydrogen-bond donors (Lipinski definition) is 1. The van der Waals surface area contributed by atoms with Gasteiger partial charge in [0.1, 0.15) is 5.56 Å². The van der Waals surface area contributed by atoms with E-state index in [1.54, 1.807) is 24.7 Å². The van der Waals surface area contributed by atoms with E-state index in [1.807, 2.05) is 12.1 Å². The Morgan fingerprint density at radius 2 is 2.00 bits per heavy atom. The SMILES string of the molecule is COc1ncc(-c2ccncc2)cc1C(N)=O. The summed E-state index contributed by atoms with van der Waals surface area (Å²) in [6, 6.07) is 5.31. The van der Waals surface area contributed by atoms with Crippen LogP contribution in [-0.2, 0) is 0 Å². The van der Waals surface area contributed by atoms with Crippen molar-refractivity contribution in [2.45, 2.75) is 0 Å². The van der Waals surface area contributed by atoms with Gasteiger partial charge in [-0.25, -0.2) is 4.98 Å². The van der Waals surface area contributed by atoms with Gasteiger partial charge in [-0.2, -0.15) is 0 Å². The summed E-state index contributed by atoms with van der Waals surface area (Å²) < 4.78 is 4.97. The molecular weight excluding hydrogens is 218 g/mol. The van der Waals surface area contributed by atoms with Gasteiger partial charge < -0.3 is 10.5 Å². The van der Waals surface area contributed by atoms with Crippen LogP contribution in [0.25, 0.3) is 11.1 Å². The van der Waals surface area contributed by atoms with Gasteiger partial charge in [0.05, 0.1) is 7.11 Å². The first-order valence-electron chi connectivity index (χ1n) is 4.96. The van der Waals surface area contributed by atoms with E-state index in [-0.39, 0.29) is 11.4 Å². The number of nitrogens with two attached hydrogens (primary N) is 1. The maximum Gasteiger partial charge on any atom is 0.254 e. The van der Waals surface area contributed by atoms with Crippen molar-refractivity contribution < 1.29 is 9.53 Å². The maximum atomic E-state index is 11.3. The fourth-order valence-electron chi connectivity index (χ4n) is 1.49. The van der Waals surface area contributed by atoms with Crippen molar-refractivity contribution >= 4 is 5.91 Å². The van der Waals surface area contributed by atoms with E-state index in [2.05, 4.69) is 9.97 Å². The molecule has 5 heteroatoms. The Balaban J connectivity index is 2.51. The summed E-state index contributed by atoms with van der Waals surface area (Å²) in [6.45, 7) is 0. The smallest absolute Gasteiger partial charge is 0.254 e. The molecule has 0 fully saturated rings. The Morgan fingerprint density at radius 1 is 1.29 bits per heavy atom. The first kappa shape index (κ1) is 11.1. The predicted molar refractivity (Wildman–Crippen MR) is 62.5 cm³/mol. The van der Waals surface area contributed by atoms with Crippen molar-refractivity contribution in [3.8, 4) is 17.0 Å². The largest absolute Gasteiger partial charge is 0.480 e. The molecule has 17 heavy (non-hydrogen) atoms. The summed E-state index contributed by atoms with van der Waals surface area (Å²) in [7, 11) is 1.45. The molecule has 0 saturated heterocycles. The Hall–Kier alpha value is -2.43. The summed E-state index contributed by atoms with van der Waals surface area (Å²) in [4.78, 5) is 19.2. The number of primary amides is 1. The number of nitrogens with zero attached hydrogens (tertiary/aromatic N) is 2. The van der Waals surface area contributed by atoms with Crippen molar-refractivity contribution in [1.29, 1.82) is 0 Å². The monoisotopic (exact) mass is 229 g/mol. The molecule has 0 atom stereocenters. The number of pyridine rings is 2. The van der Waals surface area contributed by atoms with Crippen LogP contribution in [0.2, 0.25) is 0 Å². The molecule has 0 saturated carbocycles. The lowest BCUT2D eigenvalue weighted by atomic mass is 10.1. The first-order valence-corrected chi connectivity index (χ1v) is 4.96. The fraction of sp³-hybridized carbons (Fsp3) is 0.0833. The van der Waals surface area contributed by atoms with Crippen molar-refractivity contribution in [1.82, 2.24) is 9.97 Å². The molecular formula is C12H11N3O2. The molecule has 0 bridgehead atoms. The van der Waals surface area contributed by atoms with Gasteiger partial charge in [-0.1, -0.05) is 0 Å². The van der Waals surface area contributed by atoms with E-state index in [0.717, 1.165) is 11.1 Å². The van der Waals surface area contributed by atoms with Crippen LogP contribution in [0.3, 0.4) is 0 Å². The van der Waals surface area contributed by atoms with Gasteiger partial charge in [0.2, 0.25) is 5.88 Å². The summed E-state index contributed by atoms with van der Waals surface area (Å²) in [5, 5.41) is 0. The molecule has 2 aromatic rings. The minimum absolute atomic E-state index is 0.232. The molecule has 0 radical (unpaired) electrons. The second-order valence-corrected chi connectivity index (χ2v) is 3.38. The van der Waals surface area contributed by atoms with E-state index >= 15 is 0 Å². The Kier molecular flexibility index (Phi) is 3.00. The van der Waals surface area contributed by atoms with E-state index in [0.29, 0.717) is 0 Å². The highest BCUT2D eigenvalue weighted by atomic mass is 16.5. The average Bonchev–Trinajstić information content (AvgIpc) is 2.39. The van der Waals surface area contributed by atoms with Gasteiger partial charge in [-0.15, -0.1) is 0 Å². The lowest BCUT2D eigenvalue weighted by molar-refractivity contribution is 0.0996. The molecule has 5 nitrogen and oxygen atoms in total. The van der Waals surface area contributed by atoms with Crippen LogP contribution in [0.1, 0.15) is 10.4 Å². The molecule has 0 aliphatic rings. The molecule has 2 aromatic heterocycles. The van der Waals surface area contributed by atoms with Gasteiger partial charge in [0.25, 0.3) is 5.91 Å². The summed E-state index contributed by atoms with van der Waals surface area (Å²) in [5.41, 5.74) is 7.24. The molecule has 1 amide bonds. The van der Waals surface area contributed by atoms with Crippen LogP contribution < -0.4 is 10.5 Å². The van der Waals surface area contributed by atoms with E-state index in [4.69, 9.17) is 10.5 Å². The van der Waals surface area contributed by atoms with Crippen LogP contribution in [-0.4, -0.2) is 23.0 Å². The zero-order valence-electron chi connectivity index (χ0n) is 9.25. The van der Waals surface area contributed by atoms with Crippen LogP contribution >= 0.6 is 0 Å². The minimum Gasteiger partial charge on any atom is -0.480 e. The Morgan fingerprint density at radius 3 is 2.59 bits per heavy atom. The second kappa shape index (κ2) is 4.61. The highest BCUT2D eigenvalue weighted by Crippen LogP contribution is 2.23. The Labute approximate surface area is 98.3 Å². The van der Waals surface area contributed by atoms with Crippen LogP contribution in [0, 0.1) is 0 Å². The standard InChI is InChI=1S/C12H11N3O2/c1-17-12-10(11(13)16)6-9(7-15-12)8-2-4-14-5-3-8/h2-7H,1H3,(H2,13,16). The number of rotatable bonds is 3. The normalized spacial score (nSPS) is 9.94. The highest BCUT2D eigenvalue weighted by molar-refractivity contribution is 5.96. The van der Waals surface area contributed by atoms with Gasteiger partial charge in [0.15, 0.2) is 0 Å². The third-order valence-corrected chi connectivity index (χ3v) is 2.32. The zero-order chi connectivity index (χ0) is 12.3. The van der Waals surface area contributed by atoms with Crippen LogP contribution in [0.5, 0.6) is 5.88 Å². The zero-order valence-corrected chi connectivity index (χ0v) is 9.25. The fourth-order valence-corrected chi connectivity index (χ4v) is 1.49. The third kappa shape index (κ3) is 2.23. The van der Waals surface area contributed by atoms with Crippen LogP contribution in [0.4, 0.5) is 0 Å². The first-order chi connectivity index (χ1) is 8.22. The molecule has 0 spiro atoms. The number of methoxy groups -OCH3 is 1. The molecule has 0 unspecified atom stereocenters. The lowest BCUT2D eigenvalue weighted by Crippen LogP contribution is -2.13. The molecule has 0 aliphatic carbocycles. The summed E-state index contributed by atoms with van der Waals surface area (Å²) >= 11 is 0. The average molecular weight is 229 g/mol. The van der Waals surface area contributed by atoms with Crippen molar-refractivity contribution in [2.75, 3.05) is 7.11 Å². The molecule has 2 rings (SSSR count). The van der Waals surface area contributed by atoms with Crippen LogP contribution in [0.15, 0.2) is 36.8 Å². The molecule has 2 N–H and O–H groups in total. The highest BCUT2D eigenvalue weighted by Gasteiger charge is 2.11. The van der Waals surface area contributed by atoms with Gasteiger partial charge in [-0.05, 0) is 23.8 Å². The number of carbonyl (C=O) groups excluding carboxylic acids is 1. The lowest BCUT2D eigenvalue weighted by Gasteiger charge is -2.06. The minimum atomic E-state index is -0.565. The van der Waals surface area contributed by atoms with Crippen molar-refractivity contribution in [3.63, 3.8) is 0 Å². The number of ether oxygens (including phenoxy) is 1. The van der Waals surface area contributed by atoms with E-state index in [1.165, 1.54) is 7.11 Å². The number of aromatic nitrogens is 2. The van der Waals surface area contributed by atoms with E-state index in [9.17, 15) is 4.79 Å². The topological polar surface area (TPSA) is 78.1 Å². The van der Waals surface area contributed by atoms with Crippen molar-refractivity contribution in [2.24, 2.45) is 5.73 Å². The quantitative estimate of drug-likeness (QED) is 0.859. The number of hydrogen-bond acceptors (Lipinski definition) is 4. The van der Waals surface area contributed by atoms with Gasteiger partial charge in [-0.3, -0.25) is 9.78 Å². The second-order valence-electron chi connectivity index (χ2n) is 3.38. The van der Waals surface area contributed by atoms with E-state index < -0.39 is 5.91 Å². The number of amides is 1. The molecule has 0 aromatic carbocycles. The molecule has 86 valence electrons. The molecule has 2 heterocycles. The third-order valence-electron chi connectivity index (χ3n) is 2.32. The number of carbonyl (C=O) groups is 1. The van der Waals surface area contributed by atoms with Gasteiger partial charge >= 0.3 is 0 Å².